The fourth-order valence-corrected chi connectivity index (χ4v) is 7.19. The Hall–Kier alpha value is -7.16. The minimum atomic E-state index is -4.46. The first-order valence-electron chi connectivity index (χ1n) is 17.4. The zero-order valence-electron chi connectivity index (χ0n) is 29.2. The van der Waals surface area contributed by atoms with Gasteiger partial charge in [0.1, 0.15) is 0 Å². The first-order valence-corrected chi connectivity index (χ1v) is 17.4. The van der Waals surface area contributed by atoms with E-state index in [1.54, 1.807) is 12.2 Å². The molecule has 56 heavy (non-hydrogen) atoms. The number of rotatable bonds is 6. The van der Waals surface area contributed by atoms with Crippen molar-refractivity contribution in [3.05, 3.63) is 179 Å². The third-order valence-corrected chi connectivity index (χ3v) is 10.0. The van der Waals surface area contributed by atoms with Gasteiger partial charge in [0.05, 0.1) is 34.4 Å². The lowest BCUT2D eigenvalue weighted by molar-refractivity contribution is -0.138. The highest BCUT2D eigenvalue weighted by atomic mass is 19.4. The standard InChI is InChI=1S/C48H26F6N2/c49-47(50,51)39-17-9-31(10-18-39)37(27-55)25-29-1-5-33(6-2-29)41-21-13-35-16-24-44-42(22-14-36-15-23-43(41)45(35)46(36)44)34-7-3-30(4-8-34)26-38(28-56)32-11-19-40(20-12-32)48(52,53)54/h1-26H. The topological polar surface area (TPSA) is 47.6 Å². The summed E-state index contributed by atoms with van der Waals surface area (Å²) in [4.78, 5) is 0. The predicted molar refractivity (Wildman–Crippen MR) is 211 cm³/mol. The second-order valence-electron chi connectivity index (χ2n) is 13.4. The van der Waals surface area contributed by atoms with Crippen LogP contribution >= 0.6 is 0 Å². The SMILES string of the molecule is N#CC(=Cc1ccc(-c2ccc3ccc4c(-c5ccc(C=C(C#N)c6ccc(C(F)(F)F)cc6)cc5)ccc5ccc2c3c54)cc1)c1ccc(C(F)(F)F)cc1. The van der Waals surface area contributed by atoms with E-state index in [0.717, 1.165) is 90.0 Å². The van der Waals surface area contributed by atoms with E-state index in [9.17, 15) is 36.9 Å². The second-order valence-corrected chi connectivity index (χ2v) is 13.4. The predicted octanol–water partition coefficient (Wildman–Crippen LogP) is 14.1. The van der Waals surface area contributed by atoms with Gasteiger partial charge < -0.3 is 0 Å². The molecule has 8 aromatic carbocycles. The second kappa shape index (κ2) is 13.9. The van der Waals surface area contributed by atoms with Gasteiger partial charge in [-0.25, -0.2) is 0 Å². The molecule has 0 aliphatic rings. The molecule has 8 aromatic rings. The lowest BCUT2D eigenvalue weighted by Gasteiger charge is -2.16. The molecule has 0 aromatic heterocycles. The molecule has 0 spiro atoms. The Morgan fingerprint density at radius 1 is 0.411 bits per heavy atom. The van der Waals surface area contributed by atoms with E-state index >= 15 is 0 Å². The first-order chi connectivity index (χ1) is 26.9. The van der Waals surface area contributed by atoms with Gasteiger partial charge in [0.2, 0.25) is 0 Å². The molecule has 0 unspecified atom stereocenters. The molecule has 0 amide bonds. The van der Waals surface area contributed by atoms with E-state index in [4.69, 9.17) is 0 Å². The van der Waals surface area contributed by atoms with Crippen LogP contribution in [0.4, 0.5) is 26.3 Å². The van der Waals surface area contributed by atoms with E-state index in [1.165, 1.54) is 24.3 Å². The van der Waals surface area contributed by atoms with Gasteiger partial charge in [0.15, 0.2) is 0 Å². The lowest BCUT2D eigenvalue weighted by Crippen LogP contribution is -2.04. The molecule has 0 saturated heterocycles. The molecule has 0 saturated carbocycles. The van der Waals surface area contributed by atoms with E-state index < -0.39 is 23.5 Å². The number of nitrogens with zero attached hydrogens (tertiary/aromatic N) is 2. The van der Waals surface area contributed by atoms with Crippen molar-refractivity contribution in [3.63, 3.8) is 0 Å². The number of halogens is 6. The van der Waals surface area contributed by atoms with Crippen molar-refractivity contribution in [1.29, 1.82) is 10.5 Å². The molecule has 0 aliphatic heterocycles. The highest BCUT2D eigenvalue weighted by molar-refractivity contribution is 6.27. The highest BCUT2D eigenvalue weighted by Gasteiger charge is 2.31. The Labute approximate surface area is 317 Å². The van der Waals surface area contributed by atoms with Gasteiger partial charge in [-0.15, -0.1) is 0 Å². The number of nitriles is 2. The van der Waals surface area contributed by atoms with Crippen LogP contribution in [0.25, 0.3) is 77.9 Å². The van der Waals surface area contributed by atoms with Gasteiger partial charge in [0.25, 0.3) is 0 Å². The van der Waals surface area contributed by atoms with Crippen molar-refractivity contribution in [2.45, 2.75) is 12.4 Å². The van der Waals surface area contributed by atoms with Crippen LogP contribution in [0.5, 0.6) is 0 Å². The minimum absolute atomic E-state index is 0.251. The maximum Gasteiger partial charge on any atom is 0.416 e. The van der Waals surface area contributed by atoms with Crippen LogP contribution in [0.2, 0.25) is 0 Å². The summed E-state index contributed by atoms with van der Waals surface area (Å²) < 4.78 is 78.3. The summed E-state index contributed by atoms with van der Waals surface area (Å²) in [6, 6.07) is 45.5. The number of alkyl halides is 6. The van der Waals surface area contributed by atoms with Crippen molar-refractivity contribution in [2.24, 2.45) is 0 Å². The Morgan fingerprint density at radius 2 is 0.750 bits per heavy atom. The van der Waals surface area contributed by atoms with Crippen molar-refractivity contribution in [2.75, 3.05) is 0 Å². The molecule has 0 radical (unpaired) electrons. The zero-order valence-corrected chi connectivity index (χ0v) is 29.2. The van der Waals surface area contributed by atoms with Gasteiger partial charge >= 0.3 is 12.4 Å². The molecule has 270 valence electrons. The fraction of sp³-hybridized carbons (Fsp3) is 0.0417. The summed E-state index contributed by atoms with van der Waals surface area (Å²) in [5, 5.41) is 26.1. The Kier molecular flexibility index (Phi) is 8.91. The van der Waals surface area contributed by atoms with E-state index in [-0.39, 0.29) is 11.1 Å². The number of benzene rings is 8. The molecular weight excluding hydrogens is 719 g/mol. The smallest absolute Gasteiger partial charge is 0.192 e. The van der Waals surface area contributed by atoms with Gasteiger partial charge in [-0.3, -0.25) is 0 Å². The molecule has 2 nitrogen and oxygen atoms in total. The average Bonchev–Trinajstić information content (AvgIpc) is 3.21. The van der Waals surface area contributed by atoms with Crippen LogP contribution in [0.1, 0.15) is 33.4 Å². The van der Waals surface area contributed by atoms with Gasteiger partial charge in [-0.2, -0.15) is 36.9 Å². The summed E-state index contributed by atoms with van der Waals surface area (Å²) >= 11 is 0. The number of hydrogen-bond acceptors (Lipinski definition) is 2. The lowest BCUT2D eigenvalue weighted by atomic mass is 9.87. The summed E-state index contributed by atoms with van der Waals surface area (Å²) in [7, 11) is 0. The van der Waals surface area contributed by atoms with Gasteiger partial charge in [-0.05, 0) is 113 Å². The quantitative estimate of drug-likeness (QED) is 0.0737. The minimum Gasteiger partial charge on any atom is -0.192 e. The van der Waals surface area contributed by atoms with Crippen LogP contribution in [-0.4, -0.2) is 0 Å². The molecular formula is C48H26F6N2. The van der Waals surface area contributed by atoms with E-state index in [1.807, 2.05) is 48.5 Å². The van der Waals surface area contributed by atoms with Crippen molar-refractivity contribution in [3.8, 4) is 34.4 Å². The van der Waals surface area contributed by atoms with Crippen LogP contribution in [-0.2, 0) is 12.4 Å². The number of hydrogen-bond donors (Lipinski definition) is 0. The Bertz CT molecular complexity index is 2700. The summed E-state index contributed by atoms with van der Waals surface area (Å²) in [6.07, 6.45) is -5.60. The van der Waals surface area contributed by atoms with Crippen LogP contribution in [0.3, 0.4) is 0 Å². The summed E-state index contributed by atoms with van der Waals surface area (Å²) in [6.45, 7) is 0. The largest absolute Gasteiger partial charge is 0.416 e. The van der Waals surface area contributed by atoms with Gasteiger partial charge in [0, 0.05) is 0 Å². The maximum absolute atomic E-state index is 13.0. The average molecular weight is 745 g/mol. The fourth-order valence-electron chi connectivity index (χ4n) is 7.19. The maximum atomic E-state index is 13.0. The van der Waals surface area contributed by atoms with Crippen LogP contribution in [0.15, 0.2) is 146 Å². The third-order valence-electron chi connectivity index (χ3n) is 10.0. The Balaban J connectivity index is 1.11. The van der Waals surface area contributed by atoms with Crippen molar-refractivity contribution < 1.29 is 26.3 Å². The first kappa shape index (κ1) is 35.8. The van der Waals surface area contributed by atoms with Crippen LogP contribution < -0.4 is 0 Å². The van der Waals surface area contributed by atoms with E-state index in [2.05, 4.69) is 60.7 Å². The normalized spacial score (nSPS) is 12.6. The molecule has 0 aliphatic carbocycles. The molecule has 0 heterocycles. The molecule has 0 fully saturated rings. The van der Waals surface area contributed by atoms with Crippen molar-refractivity contribution in [1.82, 2.24) is 0 Å². The molecule has 8 heteroatoms. The van der Waals surface area contributed by atoms with Gasteiger partial charge in [-0.1, -0.05) is 121 Å². The highest BCUT2D eigenvalue weighted by Crippen LogP contribution is 2.42. The number of allylic oxidation sites excluding steroid dienone is 2. The molecule has 0 atom stereocenters. The summed E-state index contributed by atoms with van der Waals surface area (Å²) in [5.74, 6) is 0. The molecule has 8 rings (SSSR count). The molecule has 0 bridgehead atoms. The molecule has 0 N–H and O–H groups in total. The Morgan fingerprint density at radius 3 is 1.07 bits per heavy atom. The van der Waals surface area contributed by atoms with Crippen molar-refractivity contribution >= 4 is 55.6 Å². The zero-order chi connectivity index (χ0) is 39.2. The van der Waals surface area contributed by atoms with E-state index in [0.29, 0.717) is 11.1 Å². The monoisotopic (exact) mass is 744 g/mol. The third kappa shape index (κ3) is 6.74. The van der Waals surface area contributed by atoms with Crippen LogP contribution in [0, 0.1) is 22.7 Å². The summed E-state index contributed by atoms with van der Waals surface area (Å²) in [5.41, 5.74) is 5.19.